The summed E-state index contributed by atoms with van der Waals surface area (Å²) in [6, 6.07) is 19.9. The second-order valence-electron chi connectivity index (χ2n) is 8.89. The van der Waals surface area contributed by atoms with Gasteiger partial charge in [-0.25, -0.2) is 9.37 Å². The zero-order valence-electron chi connectivity index (χ0n) is 19.5. The maximum Gasteiger partial charge on any atom is 0.263 e. The van der Waals surface area contributed by atoms with E-state index in [4.69, 9.17) is 4.98 Å². The molecule has 0 amide bonds. The molecule has 2 aromatic carbocycles. The summed E-state index contributed by atoms with van der Waals surface area (Å²) in [7, 11) is 1.70. The van der Waals surface area contributed by atoms with E-state index in [0.29, 0.717) is 29.3 Å². The molecule has 7 heteroatoms. The Kier molecular flexibility index (Phi) is 7.12. The van der Waals surface area contributed by atoms with Gasteiger partial charge in [-0.2, -0.15) is 0 Å². The van der Waals surface area contributed by atoms with Gasteiger partial charge in [0.25, 0.3) is 5.56 Å². The Bertz CT molecular complexity index is 1310. The molecule has 0 atom stereocenters. The number of pyridine rings is 1. The topological polar surface area (TPSA) is 59.8 Å². The predicted octanol–water partition coefficient (Wildman–Crippen LogP) is 5.88. The van der Waals surface area contributed by atoms with Crippen LogP contribution in [0, 0.1) is 11.2 Å². The van der Waals surface area contributed by atoms with Gasteiger partial charge in [-0.1, -0.05) is 44.2 Å². The zero-order valence-corrected chi connectivity index (χ0v) is 20.3. The predicted molar refractivity (Wildman–Crippen MR) is 138 cm³/mol. The van der Waals surface area contributed by atoms with E-state index < -0.39 is 0 Å². The molecule has 1 N–H and O–H groups in total. The number of anilines is 1. The van der Waals surface area contributed by atoms with Gasteiger partial charge in [0.1, 0.15) is 5.82 Å². The van der Waals surface area contributed by atoms with Crippen molar-refractivity contribution in [2.45, 2.75) is 18.7 Å². The highest BCUT2D eigenvalue weighted by Crippen LogP contribution is 2.30. The van der Waals surface area contributed by atoms with Gasteiger partial charge in [-0.05, 0) is 47.4 Å². The van der Waals surface area contributed by atoms with Gasteiger partial charge in [-0.3, -0.25) is 14.3 Å². The fourth-order valence-electron chi connectivity index (χ4n) is 3.52. The molecule has 0 aliphatic rings. The second kappa shape index (κ2) is 10.2. The van der Waals surface area contributed by atoms with Gasteiger partial charge in [0.05, 0.1) is 11.3 Å². The molecule has 2 heterocycles. The molecule has 174 valence electrons. The first-order valence-corrected chi connectivity index (χ1v) is 12.0. The largest absolute Gasteiger partial charge is 0.355 e. The number of nitrogens with zero attached hydrogens (tertiary/aromatic N) is 3. The van der Waals surface area contributed by atoms with Gasteiger partial charge in [-0.15, -0.1) is 11.8 Å². The van der Waals surface area contributed by atoms with Crippen LogP contribution >= 0.6 is 11.8 Å². The van der Waals surface area contributed by atoms with Crippen LogP contribution in [0.1, 0.15) is 13.8 Å². The van der Waals surface area contributed by atoms with Crippen LogP contribution in [-0.2, 0) is 7.05 Å². The highest BCUT2D eigenvalue weighted by Gasteiger charge is 2.22. The summed E-state index contributed by atoms with van der Waals surface area (Å²) in [5.41, 5.74) is 2.10. The lowest BCUT2D eigenvalue weighted by Gasteiger charge is -2.26. The number of rotatable bonds is 8. The lowest BCUT2D eigenvalue weighted by Crippen LogP contribution is -2.30. The normalized spacial score (nSPS) is 11.4. The number of aromatic nitrogens is 3. The Labute approximate surface area is 203 Å². The molecule has 0 radical (unpaired) electrons. The van der Waals surface area contributed by atoms with Crippen molar-refractivity contribution in [1.29, 1.82) is 0 Å². The Morgan fingerprint density at radius 1 is 0.971 bits per heavy atom. The third-order valence-electron chi connectivity index (χ3n) is 5.48. The van der Waals surface area contributed by atoms with Gasteiger partial charge >= 0.3 is 0 Å². The van der Waals surface area contributed by atoms with Crippen molar-refractivity contribution in [2.75, 3.05) is 17.6 Å². The summed E-state index contributed by atoms with van der Waals surface area (Å²) < 4.78 is 15.1. The number of benzene rings is 2. The van der Waals surface area contributed by atoms with Crippen LogP contribution in [0.5, 0.6) is 0 Å². The van der Waals surface area contributed by atoms with Gasteiger partial charge < -0.3 is 5.32 Å². The highest BCUT2D eigenvalue weighted by molar-refractivity contribution is 7.99. The molecular formula is C27H27FN4OS. The lowest BCUT2D eigenvalue weighted by atomic mass is 9.96. The molecular weight excluding hydrogens is 447 g/mol. The summed E-state index contributed by atoms with van der Waals surface area (Å²) in [5, 5.41) is 3.39. The van der Waals surface area contributed by atoms with E-state index >= 15 is 0 Å². The number of thioether (sulfide) groups is 1. The smallest absolute Gasteiger partial charge is 0.263 e. The summed E-state index contributed by atoms with van der Waals surface area (Å²) in [6.45, 7) is 5.01. The van der Waals surface area contributed by atoms with Gasteiger partial charge in [0.2, 0.25) is 5.95 Å². The molecule has 0 saturated heterocycles. The lowest BCUT2D eigenvalue weighted by molar-refractivity contribution is 0.451. The van der Waals surface area contributed by atoms with E-state index in [0.717, 1.165) is 11.3 Å². The fourth-order valence-corrected chi connectivity index (χ4v) is 4.53. The average molecular weight is 475 g/mol. The molecule has 0 spiro atoms. The third-order valence-corrected chi connectivity index (χ3v) is 7.01. The molecule has 0 aliphatic carbocycles. The molecule has 34 heavy (non-hydrogen) atoms. The minimum atomic E-state index is -0.354. The molecule has 0 fully saturated rings. The third kappa shape index (κ3) is 5.54. The summed E-state index contributed by atoms with van der Waals surface area (Å²) >= 11 is 1.80. The van der Waals surface area contributed by atoms with Crippen molar-refractivity contribution in [2.24, 2.45) is 12.5 Å². The summed E-state index contributed by atoms with van der Waals surface area (Å²) in [4.78, 5) is 23.6. The van der Waals surface area contributed by atoms with Crippen molar-refractivity contribution in [3.05, 3.63) is 95.3 Å². The van der Waals surface area contributed by atoms with E-state index in [1.165, 1.54) is 21.6 Å². The second-order valence-corrected chi connectivity index (χ2v) is 9.93. The molecule has 0 saturated carbocycles. The quantitative estimate of drug-likeness (QED) is 0.323. The van der Waals surface area contributed by atoms with Crippen molar-refractivity contribution < 1.29 is 4.39 Å². The first kappa shape index (κ1) is 23.7. The van der Waals surface area contributed by atoms with Gasteiger partial charge in [0.15, 0.2) is 0 Å². The van der Waals surface area contributed by atoms with E-state index in [9.17, 15) is 9.18 Å². The van der Waals surface area contributed by atoms with Crippen LogP contribution < -0.4 is 10.9 Å². The molecule has 4 rings (SSSR count). The Morgan fingerprint density at radius 3 is 2.32 bits per heavy atom. The van der Waals surface area contributed by atoms with Crippen LogP contribution in [-0.4, -0.2) is 26.8 Å². The SMILES string of the molecule is Cn1c(NCC(C)(C)CSc2ccccc2)nc(-c2ccncc2)c(-c2ccc(F)cc2)c1=O. The fraction of sp³-hybridized carbons (Fsp3) is 0.222. The number of nitrogens with one attached hydrogen (secondary N) is 1. The first-order valence-electron chi connectivity index (χ1n) is 11.0. The van der Waals surface area contributed by atoms with Crippen molar-refractivity contribution >= 4 is 17.7 Å². The molecule has 4 aromatic rings. The van der Waals surface area contributed by atoms with Crippen LogP contribution in [0.4, 0.5) is 10.3 Å². The summed E-state index contributed by atoms with van der Waals surface area (Å²) in [6.07, 6.45) is 3.33. The van der Waals surface area contributed by atoms with Crippen molar-refractivity contribution in [3.8, 4) is 22.4 Å². The Hall–Kier alpha value is -3.45. The van der Waals surface area contributed by atoms with E-state index in [2.05, 4.69) is 36.3 Å². The monoisotopic (exact) mass is 474 g/mol. The van der Waals surface area contributed by atoms with Crippen LogP contribution in [0.15, 0.2) is 88.8 Å². The number of hydrogen-bond acceptors (Lipinski definition) is 5. The highest BCUT2D eigenvalue weighted by atomic mass is 32.2. The maximum atomic E-state index is 13.5. The number of hydrogen-bond donors (Lipinski definition) is 1. The Balaban J connectivity index is 1.65. The van der Waals surface area contributed by atoms with E-state index in [-0.39, 0.29) is 16.8 Å². The first-order chi connectivity index (χ1) is 16.3. The van der Waals surface area contributed by atoms with E-state index in [1.807, 2.05) is 30.3 Å². The standard InChI is InChI=1S/C27H27FN4OS/c1-27(2,18-34-22-7-5-4-6-8-22)17-30-26-31-24(20-13-15-29-16-14-20)23(25(33)32(26)3)19-9-11-21(28)12-10-19/h4-16H,17-18H2,1-3H3,(H,30,31). The zero-order chi connectivity index (χ0) is 24.1. The average Bonchev–Trinajstić information content (AvgIpc) is 2.85. The van der Waals surface area contributed by atoms with Crippen molar-refractivity contribution in [1.82, 2.24) is 14.5 Å². The molecule has 2 aromatic heterocycles. The van der Waals surface area contributed by atoms with E-state index in [1.54, 1.807) is 43.3 Å². The van der Waals surface area contributed by atoms with Crippen LogP contribution in [0.2, 0.25) is 0 Å². The van der Waals surface area contributed by atoms with Gasteiger partial charge in [0, 0.05) is 42.2 Å². The molecule has 0 unspecified atom stereocenters. The minimum absolute atomic E-state index is 0.0509. The maximum absolute atomic E-state index is 13.5. The van der Waals surface area contributed by atoms with Crippen LogP contribution in [0.25, 0.3) is 22.4 Å². The molecule has 0 bridgehead atoms. The van der Waals surface area contributed by atoms with Crippen LogP contribution in [0.3, 0.4) is 0 Å². The molecule has 0 aliphatic heterocycles. The summed E-state index contributed by atoms with van der Waals surface area (Å²) in [5.74, 6) is 1.04. The Morgan fingerprint density at radius 2 is 1.65 bits per heavy atom. The van der Waals surface area contributed by atoms with Crippen molar-refractivity contribution in [3.63, 3.8) is 0 Å². The minimum Gasteiger partial charge on any atom is -0.355 e. The molecule has 5 nitrogen and oxygen atoms in total. The number of halogens is 1.